The monoisotopic (exact) mass is 314 g/mol. The number of nitrogens with zero attached hydrogens (tertiary/aromatic N) is 3. The molecule has 1 fully saturated rings. The minimum atomic E-state index is 0.193. The van der Waals surface area contributed by atoms with Crippen LogP contribution in [0.2, 0.25) is 5.02 Å². The molecule has 1 aromatic carbocycles. The summed E-state index contributed by atoms with van der Waals surface area (Å²) in [4.78, 5) is 11.9. The fourth-order valence-electron chi connectivity index (χ4n) is 3.30. The largest absolute Gasteiger partial charge is 0.317 e. The molecule has 0 spiro atoms. The van der Waals surface area contributed by atoms with Crippen molar-refractivity contribution in [2.45, 2.75) is 25.8 Å². The van der Waals surface area contributed by atoms with Crippen molar-refractivity contribution in [3.05, 3.63) is 35.5 Å². The molecule has 1 saturated heterocycles. The Labute approximate surface area is 135 Å². The van der Waals surface area contributed by atoms with Gasteiger partial charge in [0.05, 0.1) is 23.1 Å². The maximum absolute atomic E-state index is 6.17. The zero-order chi connectivity index (χ0) is 15.1. The molecule has 5 heteroatoms. The number of hydrogen-bond acceptors (Lipinski definition) is 4. The topological polar surface area (TPSA) is 40.0 Å². The van der Waals surface area contributed by atoms with Crippen molar-refractivity contribution in [1.29, 1.82) is 0 Å². The molecular formula is C17H19ClN4. The number of halogens is 1. The normalized spacial score (nSPS) is 24.5. The summed E-state index contributed by atoms with van der Waals surface area (Å²) < 4.78 is 0. The third-order valence-electron chi connectivity index (χ3n) is 4.46. The van der Waals surface area contributed by atoms with Crippen LogP contribution in [0.4, 0.5) is 11.4 Å². The Kier molecular flexibility index (Phi) is 3.51. The van der Waals surface area contributed by atoms with Crippen molar-refractivity contribution in [2.75, 3.05) is 18.0 Å². The predicted octanol–water partition coefficient (Wildman–Crippen LogP) is 3.55. The van der Waals surface area contributed by atoms with E-state index in [9.17, 15) is 0 Å². The van der Waals surface area contributed by atoms with Gasteiger partial charge >= 0.3 is 0 Å². The molecule has 0 saturated carbocycles. The van der Waals surface area contributed by atoms with Gasteiger partial charge in [-0.2, -0.15) is 0 Å². The highest BCUT2D eigenvalue weighted by Gasteiger charge is 2.32. The second kappa shape index (κ2) is 5.52. The van der Waals surface area contributed by atoms with Crippen LogP contribution in [0.1, 0.15) is 19.8 Å². The van der Waals surface area contributed by atoms with Crippen LogP contribution in [0.3, 0.4) is 0 Å². The molecule has 4 nitrogen and oxygen atoms in total. The average molecular weight is 315 g/mol. The van der Waals surface area contributed by atoms with Gasteiger partial charge in [0.1, 0.15) is 0 Å². The molecule has 0 radical (unpaired) electrons. The summed E-state index contributed by atoms with van der Waals surface area (Å²) in [6.45, 7) is 4.21. The van der Waals surface area contributed by atoms with Gasteiger partial charge in [-0.3, -0.25) is 9.89 Å². The quantitative estimate of drug-likeness (QED) is 0.861. The first-order chi connectivity index (χ1) is 10.7. The van der Waals surface area contributed by atoms with Gasteiger partial charge in [0.2, 0.25) is 0 Å². The van der Waals surface area contributed by atoms with Crippen LogP contribution in [0.5, 0.6) is 0 Å². The maximum atomic E-state index is 6.17. The van der Waals surface area contributed by atoms with Crippen LogP contribution in [-0.2, 0) is 0 Å². The van der Waals surface area contributed by atoms with Gasteiger partial charge < -0.3 is 5.32 Å². The lowest BCUT2D eigenvalue weighted by molar-refractivity contribution is 0.458. The van der Waals surface area contributed by atoms with Gasteiger partial charge in [0.15, 0.2) is 5.84 Å². The molecule has 1 aromatic rings. The van der Waals surface area contributed by atoms with Crippen molar-refractivity contribution in [3.8, 4) is 0 Å². The molecule has 1 atom stereocenters. The van der Waals surface area contributed by atoms with E-state index in [2.05, 4.69) is 29.4 Å². The molecule has 0 bridgehead atoms. The highest BCUT2D eigenvalue weighted by Crippen LogP contribution is 2.38. The van der Waals surface area contributed by atoms with Crippen LogP contribution in [0.15, 0.2) is 40.5 Å². The van der Waals surface area contributed by atoms with E-state index in [4.69, 9.17) is 21.6 Å². The molecule has 1 N–H and O–H groups in total. The Bertz CT molecular complexity index is 686. The minimum absolute atomic E-state index is 0.193. The molecule has 3 heterocycles. The second-order valence-corrected chi connectivity index (χ2v) is 6.50. The van der Waals surface area contributed by atoms with Gasteiger partial charge in [-0.15, -0.1) is 0 Å². The highest BCUT2D eigenvalue weighted by molar-refractivity contribution is 6.49. The summed E-state index contributed by atoms with van der Waals surface area (Å²) in [5.74, 6) is 1.47. The van der Waals surface area contributed by atoms with Gasteiger partial charge in [-0.05, 0) is 57.1 Å². The van der Waals surface area contributed by atoms with E-state index in [1.807, 2.05) is 18.2 Å². The molecular weight excluding hydrogens is 296 g/mol. The summed E-state index contributed by atoms with van der Waals surface area (Å²) in [5, 5.41) is 4.15. The Morgan fingerprint density at radius 2 is 2.09 bits per heavy atom. The van der Waals surface area contributed by atoms with Crippen molar-refractivity contribution in [1.82, 2.24) is 5.32 Å². The van der Waals surface area contributed by atoms with E-state index >= 15 is 0 Å². The summed E-state index contributed by atoms with van der Waals surface area (Å²) in [7, 11) is 0. The van der Waals surface area contributed by atoms with Crippen LogP contribution in [-0.4, -0.2) is 30.7 Å². The summed E-state index contributed by atoms with van der Waals surface area (Å²) in [6, 6.07) is 6.07. The summed E-state index contributed by atoms with van der Waals surface area (Å²) in [6.07, 6.45) is 6.46. The number of anilines is 1. The molecule has 3 aliphatic heterocycles. The molecule has 22 heavy (non-hydrogen) atoms. The SMILES string of the molecule is CC1C=CN2C(=N1)C(C1CCNCC1)=Nc1ccc(Cl)cc12. The van der Waals surface area contributed by atoms with E-state index in [0.717, 1.165) is 53.9 Å². The van der Waals surface area contributed by atoms with Gasteiger partial charge in [-0.25, -0.2) is 4.99 Å². The van der Waals surface area contributed by atoms with Gasteiger partial charge in [0.25, 0.3) is 0 Å². The third kappa shape index (κ3) is 2.36. The first-order valence-electron chi connectivity index (χ1n) is 7.87. The predicted molar refractivity (Wildman–Crippen MR) is 92.7 cm³/mol. The third-order valence-corrected chi connectivity index (χ3v) is 4.70. The Hall–Kier alpha value is -1.65. The van der Waals surface area contributed by atoms with E-state index < -0.39 is 0 Å². The Morgan fingerprint density at radius 1 is 1.27 bits per heavy atom. The zero-order valence-corrected chi connectivity index (χ0v) is 13.3. The number of rotatable bonds is 1. The lowest BCUT2D eigenvalue weighted by Gasteiger charge is -2.35. The van der Waals surface area contributed by atoms with Crippen LogP contribution >= 0.6 is 11.6 Å². The average Bonchev–Trinajstić information content (AvgIpc) is 2.55. The molecule has 4 rings (SSSR count). The smallest absolute Gasteiger partial charge is 0.155 e. The van der Waals surface area contributed by atoms with E-state index in [1.54, 1.807) is 0 Å². The molecule has 1 unspecified atom stereocenters. The van der Waals surface area contributed by atoms with Crippen molar-refractivity contribution in [3.63, 3.8) is 0 Å². The fraction of sp³-hybridized carbons (Fsp3) is 0.412. The number of hydrogen-bond donors (Lipinski definition) is 1. The molecule has 0 aliphatic carbocycles. The summed E-state index contributed by atoms with van der Waals surface area (Å²) in [5.41, 5.74) is 3.13. The number of nitrogens with one attached hydrogen (secondary N) is 1. The maximum Gasteiger partial charge on any atom is 0.155 e. The molecule has 114 valence electrons. The van der Waals surface area contributed by atoms with Crippen molar-refractivity contribution in [2.24, 2.45) is 15.9 Å². The van der Waals surface area contributed by atoms with E-state index in [1.165, 1.54) is 0 Å². The van der Waals surface area contributed by atoms with Crippen LogP contribution < -0.4 is 10.2 Å². The minimum Gasteiger partial charge on any atom is -0.317 e. The van der Waals surface area contributed by atoms with Gasteiger partial charge in [-0.1, -0.05) is 11.6 Å². The standard InChI is InChI=1S/C17H19ClN4/c1-11-6-9-22-15-10-13(18)2-3-14(15)21-16(17(22)20-11)12-4-7-19-8-5-12/h2-3,6,9-12,19H,4-5,7-8H2,1H3. The number of benzene rings is 1. The lowest BCUT2D eigenvalue weighted by Crippen LogP contribution is -2.44. The first kappa shape index (κ1) is 14.0. The second-order valence-electron chi connectivity index (χ2n) is 6.06. The Balaban J connectivity index is 1.83. The fourth-order valence-corrected chi connectivity index (χ4v) is 3.46. The summed E-state index contributed by atoms with van der Waals surface area (Å²) >= 11 is 6.17. The number of fused-ring (bicyclic) bond motifs is 3. The van der Waals surface area contributed by atoms with Crippen molar-refractivity contribution >= 4 is 34.5 Å². The number of aliphatic imine (C=N–C) groups is 2. The van der Waals surface area contributed by atoms with Crippen molar-refractivity contribution < 1.29 is 0 Å². The number of amidine groups is 1. The Morgan fingerprint density at radius 3 is 2.91 bits per heavy atom. The zero-order valence-electron chi connectivity index (χ0n) is 12.6. The van der Waals surface area contributed by atoms with E-state index in [-0.39, 0.29) is 6.04 Å². The van der Waals surface area contributed by atoms with Crippen LogP contribution in [0, 0.1) is 5.92 Å². The first-order valence-corrected chi connectivity index (χ1v) is 8.25. The van der Waals surface area contributed by atoms with Crippen LogP contribution in [0.25, 0.3) is 0 Å². The molecule has 0 aromatic heterocycles. The highest BCUT2D eigenvalue weighted by atomic mass is 35.5. The molecule has 0 amide bonds. The van der Waals surface area contributed by atoms with E-state index in [0.29, 0.717) is 5.92 Å². The molecule has 3 aliphatic rings. The lowest BCUT2D eigenvalue weighted by atomic mass is 9.90. The number of piperidine rings is 1. The van der Waals surface area contributed by atoms with Gasteiger partial charge in [0, 0.05) is 17.1 Å².